The molecule has 0 amide bonds. The molecule has 4 heterocycles. The number of carbonyl (C=O) groups is 6. The normalized spacial score (nSPS) is 12.4. The second kappa shape index (κ2) is 44.7. The number of hydrogen-bond donors (Lipinski definition) is 4. The smallest absolute Gasteiger partial charge is 0.343 e. The Morgan fingerprint density at radius 2 is 0.595 bits per heavy atom. The van der Waals surface area contributed by atoms with Crippen LogP contribution in [0.15, 0.2) is 97.1 Å². The molecule has 0 fully saturated rings. The van der Waals surface area contributed by atoms with E-state index < -0.39 is 17.9 Å². The number of aliphatic hydroxyl groups is 1. The van der Waals surface area contributed by atoms with Crippen LogP contribution in [0, 0.1) is 77.0 Å². The van der Waals surface area contributed by atoms with Crippen molar-refractivity contribution in [3.8, 4) is 23.0 Å². The number of aliphatic hydroxyl groups excluding tert-OH is 1. The summed E-state index contributed by atoms with van der Waals surface area (Å²) in [7, 11) is 1.36. The molecule has 0 saturated heterocycles. The van der Waals surface area contributed by atoms with Crippen LogP contribution >= 0.6 is 45.3 Å². The first-order valence-corrected chi connectivity index (χ1v) is 46.9. The molecule has 8 aromatic rings. The van der Waals surface area contributed by atoms with Gasteiger partial charge in [-0.25, -0.2) is 14.4 Å². The molecule has 121 heavy (non-hydrogen) atoms. The molecular formula is C103H146O14S4. The number of benzene rings is 4. The number of esters is 1. The largest absolute Gasteiger partial charge is 0.508 e. The van der Waals surface area contributed by atoms with Gasteiger partial charge in [-0.2, -0.15) is 0 Å². The molecule has 1 unspecified atom stereocenters. The number of aryl methyl sites for hydroxylation is 12. The fourth-order valence-corrected chi connectivity index (χ4v) is 22.0. The maximum absolute atomic E-state index is 12.4. The quantitative estimate of drug-likeness (QED) is 0.0266. The highest BCUT2D eigenvalue weighted by Gasteiger charge is 2.39. The lowest BCUT2D eigenvalue weighted by atomic mass is 9.74. The van der Waals surface area contributed by atoms with Gasteiger partial charge in [0.15, 0.2) is 19.8 Å². The SMILES string of the molecule is CCC(CC)(c1ccc(O)c(C)c1)c1cc(C)c(CCC(=O)C(C)(C)C)s1.CCC(CC)(c1ccc(OCC(=O)O)c(C)c1)c1cc(C)c(CCC(=O)C(C)(C)C)s1.CCC(CC)(c1ccc(OCC(=O)O)c(C)c1)c1cc(C)c(CCC(O)C(C)(C)C)s1.CCC(CC)(c1ccc(OCC(=O)OC)c(C)c1)c1cc(C)c(CCC(=O)C(C)(C)C)s1. The number of ketones is 3. The molecule has 14 nitrogen and oxygen atoms in total. The maximum atomic E-state index is 12.4. The Bertz CT molecular complexity index is 4760. The number of hydrogen-bond acceptors (Lipinski definition) is 16. The van der Waals surface area contributed by atoms with Crippen LogP contribution in [0.1, 0.15) is 321 Å². The van der Waals surface area contributed by atoms with Gasteiger partial charge in [0.25, 0.3) is 0 Å². The fourth-order valence-electron chi connectivity index (χ4n) is 15.9. The summed E-state index contributed by atoms with van der Waals surface area (Å²) >= 11 is 7.40. The van der Waals surface area contributed by atoms with Crippen molar-refractivity contribution >= 4 is 80.6 Å². The lowest BCUT2D eigenvalue weighted by Gasteiger charge is -2.32. The zero-order chi connectivity index (χ0) is 91.3. The highest BCUT2D eigenvalue weighted by atomic mass is 32.1. The fraction of sp³-hybridized carbons (Fsp3) is 0.553. The van der Waals surface area contributed by atoms with Gasteiger partial charge in [-0.05, 0) is 260 Å². The Kier molecular flexibility index (Phi) is 38.4. The molecule has 4 N–H and O–H groups in total. The summed E-state index contributed by atoms with van der Waals surface area (Å²) in [6, 6.07) is 33.7. The van der Waals surface area contributed by atoms with Crippen molar-refractivity contribution in [3.63, 3.8) is 0 Å². The zero-order valence-corrected chi connectivity index (χ0v) is 82.0. The van der Waals surface area contributed by atoms with E-state index in [0.717, 1.165) is 106 Å². The standard InChI is InChI=1S/C27H38O4S.C26H38O4S.C26H36O4S.C24H34O2S/c1-9-27(10-2,20-11-12-21(18(3)15-20)31-17-25(29)30-8)24-16-19(4)22(32-24)13-14-23(28)26(5,6)7;2*1-8-26(9-2,19-10-11-20(17(3)14-19)30-16-24(28)29)23-15-18(4)21(31-23)12-13-22(27)25(5,6)7;1-8-24(9-2,18-10-11-19(25)16(3)14-18)22-15-17(4)20(27-22)12-13-21(26)23(5,6)7/h11-12,15-16H,9-10,13-14,17H2,1-8H3;10-11,14-15,22,27H,8-9,12-13,16H2,1-7H3,(H,28,29);10-11,14-15H,8-9,12-13,16H2,1-7H3,(H,28,29);10-11,14-15,25H,8-9,12-13H2,1-7H3. The number of phenolic OH excluding ortho intramolecular Hbond substituents is 1. The summed E-state index contributed by atoms with van der Waals surface area (Å²) < 4.78 is 21.1. The lowest BCUT2D eigenvalue weighted by Crippen LogP contribution is -2.26. The van der Waals surface area contributed by atoms with Crippen molar-refractivity contribution in [2.24, 2.45) is 21.7 Å². The molecule has 4 aromatic heterocycles. The topological polar surface area (TPSA) is 220 Å². The van der Waals surface area contributed by atoms with Crippen LogP contribution in [0.3, 0.4) is 0 Å². The number of carbonyl (C=O) groups excluding carboxylic acids is 4. The van der Waals surface area contributed by atoms with Crippen molar-refractivity contribution in [3.05, 3.63) is 203 Å². The number of carboxylic acid groups (broad SMARTS) is 2. The van der Waals surface area contributed by atoms with Crippen molar-refractivity contribution in [2.45, 2.75) is 324 Å². The van der Waals surface area contributed by atoms with Gasteiger partial charge in [0, 0.05) is 96.2 Å². The number of methoxy groups -OCH3 is 1. The summed E-state index contributed by atoms with van der Waals surface area (Å²) in [5.74, 6) is 0.855. The van der Waals surface area contributed by atoms with Crippen LogP contribution in [0.5, 0.6) is 23.0 Å². The van der Waals surface area contributed by atoms with E-state index in [2.05, 4.69) is 181 Å². The molecule has 0 aliphatic rings. The first-order chi connectivity index (χ1) is 56.4. The first-order valence-electron chi connectivity index (χ1n) is 43.6. The minimum atomic E-state index is -0.980. The Hall–Kier alpha value is -7.74. The number of rotatable bonds is 37. The molecule has 1 atom stereocenters. The second-order valence-electron chi connectivity index (χ2n) is 37.1. The Labute approximate surface area is 742 Å². The Morgan fingerprint density at radius 1 is 0.347 bits per heavy atom. The number of ether oxygens (including phenoxy) is 4. The summed E-state index contributed by atoms with van der Waals surface area (Å²) in [5, 5.41) is 38.2. The van der Waals surface area contributed by atoms with Crippen molar-refractivity contribution in [1.82, 2.24) is 0 Å². The van der Waals surface area contributed by atoms with Crippen LogP contribution in [0.4, 0.5) is 0 Å². The molecule has 8 rings (SSSR count). The predicted molar refractivity (Wildman–Crippen MR) is 504 cm³/mol. The van der Waals surface area contributed by atoms with Gasteiger partial charge in [0.2, 0.25) is 0 Å². The average Bonchev–Trinajstić information content (AvgIpc) is 1.72. The third-order valence-electron chi connectivity index (χ3n) is 24.9. The van der Waals surface area contributed by atoms with Crippen LogP contribution in [-0.2, 0) is 80.8 Å². The maximum Gasteiger partial charge on any atom is 0.343 e. The third-order valence-corrected chi connectivity index (χ3v) is 30.9. The van der Waals surface area contributed by atoms with Gasteiger partial charge in [-0.15, -0.1) is 45.3 Å². The molecule has 0 saturated carbocycles. The van der Waals surface area contributed by atoms with Crippen LogP contribution in [-0.4, -0.2) is 88.7 Å². The average molecular weight is 1740 g/mol. The van der Waals surface area contributed by atoms with Crippen molar-refractivity contribution in [1.29, 1.82) is 0 Å². The number of phenols is 1. The summed E-state index contributed by atoms with van der Waals surface area (Å²) in [5.41, 5.74) is 12.6. The van der Waals surface area contributed by atoms with Gasteiger partial charge < -0.3 is 39.4 Å². The minimum absolute atomic E-state index is 0.0415. The first kappa shape index (κ1) is 104. The van der Waals surface area contributed by atoms with E-state index in [1.165, 1.54) is 90.6 Å². The highest BCUT2D eigenvalue weighted by Crippen LogP contribution is 2.50. The van der Waals surface area contributed by atoms with E-state index >= 15 is 0 Å². The molecule has 0 radical (unpaired) electrons. The van der Waals surface area contributed by atoms with E-state index in [9.17, 15) is 39.0 Å². The van der Waals surface area contributed by atoms with Gasteiger partial charge >= 0.3 is 17.9 Å². The van der Waals surface area contributed by atoms with Gasteiger partial charge in [-0.1, -0.05) is 187 Å². The lowest BCUT2D eigenvalue weighted by molar-refractivity contribution is -0.143. The molecule has 0 spiro atoms. The molecule has 0 aliphatic heterocycles. The summed E-state index contributed by atoms with van der Waals surface area (Å²) in [4.78, 5) is 80.9. The molecular weight excluding hydrogens is 1590 g/mol. The summed E-state index contributed by atoms with van der Waals surface area (Å²) in [6.45, 7) is 57.7. The van der Waals surface area contributed by atoms with Crippen LogP contribution in [0.25, 0.3) is 0 Å². The Morgan fingerprint density at radius 3 is 0.818 bits per heavy atom. The van der Waals surface area contributed by atoms with E-state index in [1.54, 1.807) is 0 Å². The molecule has 0 bridgehead atoms. The molecule has 4 aromatic carbocycles. The number of aliphatic carboxylic acids is 2. The Balaban J connectivity index is 0.000000287. The number of carboxylic acids is 2. The van der Waals surface area contributed by atoms with E-state index in [4.69, 9.17) is 24.4 Å². The molecule has 666 valence electrons. The monoisotopic (exact) mass is 1730 g/mol. The molecule has 0 aliphatic carbocycles. The van der Waals surface area contributed by atoms with Gasteiger partial charge in [0.1, 0.15) is 40.3 Å². The van der Waals surface area contributed by atoms with E-state index in [-0.39, 0.29) is 69.2 Å². The molecule has 18 heteroatoms. The van der Waals surface area contributed by atoms with Crippen molar-refractivity contribution in [2.75, 3.05) is 26.9 Å². The number of aromatic hydroxyl groups is 1. The third kappa shape index (κ3) is 26.9. The van der Waals surface area contributed by atoms with Crippen LogP contribution in [0.2, 0.25) is 0 Å². The van der Waals surface area contributed by atoms with E-state index in [0.29, 0.717) is 59.6 Å². The van der Waals surface area contributed by atoms with E-state index in [1.807, 2.05) is 160 Å². The van der Waals surface area contributed by atoms with Crippen LogP contribution < -0.4 is 14.2 Å². The number of thiophene rings is 4. The van der Waals surface area contributed by atoms with Crippen molar-refractivity contribution < 1.29 is 68.1 Å². The zero-order valence-electron chi connectivity index (χ0n) is 78.8. The highest BCUT2D eigenvalue weighted by molar-refractivity contribution is 7.13. The second-order valence-corrected chi connectivity index (χ2v) is 41.7. The number of Topliss-reactive ketones (excluding diaryl/α,β-unsaturated/α-hetero) is 3. The predicted octanol–water partition coefficient (Wildman–Crippen LogP) is 26.1. The minimum Gasteiger partial charge on any atom is -0.508 e. The van der Waals surface area contributed by atoms with Gasteiger partial charge in [-0.3, -0.25) is 14.4 Å². The van der Waals surface area contributed by atoms with Gasteiger partial charge in [0.05, 0.1) is 13.2 Å². The summed E-state index contributed by atoms with van der Waals surface area (Å²) in [6.07, 6.45) is 13.3.